The van der Waals surface area contributed by atoms with Crippen molar-refractivity contribution in [2.45, 2.75) is 31.2 Å². The molecule has 0 heterocycles. The fraction of sp³-hybridized carbons (Fsp3) is 0.278. The van der Waals surface area contributed by atoms with Crippen LogP contribution in [0.25, 0.3) is 0 Å². The van der Waals surface area contributed by atoms with Crippen LogP contribution in [0.3, 0.4) is 0 Å². The lowest BCUT2D eigenvalue weighted by Gasteiger charge is -2.19. The number of hydrogen-bond donors (Lipinski definition) is 1. The molecule has 0 aliphatic heterocycles. The predicted octanol–water partition coefficient (Wildman–Crippen LogP) is 3.04. The minimum atomic E-state index is -3.66. The Kier molecular flexibility index (Phi) is 5.62. The van der Waals surface area contributed by atoms with Gasteiger partial charge in [0, 0.05) is 18.7 Å². The lowest BCUT2D eigenvalue weighted by Crippen LogP contribution is -2.32. The Balaban J connectivity index is 2.22. The Morgan fingerprint density at radius 3 is 2.21 bits per heavy atom. The van der Waals surface area contributed by atoms with Crippen molar-refractivity contribution >= 4 is 21.6 Å². The molecule has 2 aromatic rings. The van der Waals surface area contributed by atoms with Gasteiger partial charge >= 0.3 is 0 Å². The average Bonchev–Trinajstić information content (AvgIpc) is 2.61. The van der Waals surface area contributed by atoms with E-state index in [-0.39, 0.29) is 16.8 Å². The van der Waals surface area contributed by atoms with Crippen LogP contribution in [0, 0.1) is 0 Å². The van der Waals surface area contributed by atoms with Crippen molar-refractivity contribution in [1.82, 2.24) is 5.32 Å². The summed E-state index contributed by atoms with van der Waals surface area (Å²) in [6.07, 6.45) is 0.833. The molecule has 24 heavy (non-hydrogen) atoms. The van der Waals surface area contributed by atoms with Gasteiger partial charge in [0.05, 0.1) is 10.6 Å². The number of hydrogen-bond acceptors (Lipinski definition) is 3. The van der Waals surface area contributed by atoms with Crippen LogP contribution in [0.2, 0.25) is 0 Å². The van der Waals surface area contributed by atoms with E-state index < -0.39 is 10.0 Å². The normalized spacial score (nSPS) is 12.5. The number of carbonyl (C=O) groups excluding carboxylic acids is 1. The Bertz CT molecular complexity index is 787. The summed E-state index contributed by atoms with van der Waals surface area (Å²) in [4.78, 5) is 12.2. The average molecular weight is 346 g/mol. The van der Waals surface area contributed by atoms with Gasteiger partial charge < -0.3 is 5.32 Å². The Hall–Kier alpha value is -2.34. The molecule has 1 N–H and O–H groups in total. The molecule has 2 rings (SSSR count). The molecule has 0 spiro atoms. The summed E-state index contributed by atoms with van der Waals surface area (Å²) in [5.41, 5.74) is 1.02. The van der Waals surface area contributed by atoms with Crippen LogP contribution in [-0.4, -0.2) is 27.4 Å². The van der Waals surface area contributed by atoms with Crippen LogP contribution < -0.4 is 9.62 Å². The molecule has 0 aliphatic rings. The molecule has 0 aliphatic carbocycles. The van der Waals surface area contributed by atoms with E-state index in [1.807, 2.05) is 19.9 Å². The summed E-state index contributed by atoms with van der Waals surface area (Å²) in [5.74, 6) is -0.204. The number of para-hydroxylation sites is 1. The zero-order valence-corrected chi connectivity index (χ0v) is 14.9. The Morgan fingerprint density at radius 1 is 1.08 bits per heavy atom. The zero-order valence-electron chi connectivity index (χ0n) is 14.1. The maximum atomic E-state index is 12.7. The quantitative estimate of drug-likeness (QED) is 0.874. The fourth-order valence-corrected chi connectivity index (χ4v) is 3.32. The topological polar surface area (TPSA) is 66.5 Å². The Labute approximate surface area is 143 Å². The first kappa shape index (κ1) is 18.0. The lowest BCUT2D eigenvalue weighted by molar-refractivity contribution is 0.0939. The second kappa shape index (κ2) is 7.49. The standard InChI is InChI=1S/C18H22N2O3S/c1-4-14(2)19-18(21)15-10-12-17(13-11-15)24(22,23)20(3)16-8-6-5-7-9-16/h5-14H,4H2,1-3H3,(H,19,21)/t14-/m0/s1. The highest BCUT2D eigenvalue weighted by Crippen LogP contribution is 2.21. The van der Waals surface area contributed by atoms with Gasteiger partial charge in [0.2, 0.25) is 0 Å². The fourth-order valence-electron chi connectivity index (χ4n) is 2.12. The van der Waals surface area contributed by atoms with Crippen LogP contribution in [-0.2, 0) is 10.0 Å². The second-order valence-electron chi connectivity index (χ2n) is 5.62. The van der Waals surface area contributed by atoms with Gasteiger partial charge in [-0.05, 0) is 49.7 Å². The van der Waals surface area contributed by atoms with Crippen molar-refractivity contribution in [3.05, 3.63) is 60.2 Å². The van der Waals surface area contributed by atoms with Gasteiger partial charge in [-0.2, -0.15) is 0 Å². The summed E-state index contributed by atoms with van der Waals surface area (Å²) in [5, 5.41) is 2.85. The highest BCUT2D eigenvalue weighted by molar-refractivity contribution is 7.92. The molecular weight excluding hydrogens is 324 g/mol. The summed E-state index contributed by atoms with van der Waals surface area (Å²) < 4.78 is 26.5. The van der Waals surface area contributed by atoms with E-state index in [1.54, 1.807) is 24.3 Å². The first-order valence-corrected chi connectivity index (χ1v) is 9.25. The number of nitrogens with zero attached hydrogens (tertiary/aromatic N) is 1. The van der Waals surface area contributed by atoms with Crippen molar-refractivity contribution in [3.63, 3.8) is 0 Å². The number of carbonyl (C=O) groups is 1. The smallest absolute Gasteiger partial charge is 0.264 e. The van der Waals surface area contributed by atoms with Gasteiger partial charge in [-0.1, -0.05) is 25.1 Å². The number of amides is 1. The third-order valence-corrected chi connectivity index (χ3v) is 5.68. The van der Waals surface area contributed by atoms with Crippen molar-refractivity contribution < 1.29 is 13.2 Å². The zero-order chi connectivity index (χ0) is 17.7. The highest BCUT2D eigenvalue weighted by Gasteiger charge is 2.21. The number of rotatable bonds is 6. The first-order valence-electron chi connectivity index (χ1n) is 7.81. The van der Waals surface area contributed by atoms with Crippen molar-refractivity contribution in [1.29, 1.82) is 0 Å². The van der Waals surface area contributed by atoms with Crippen LogP contribution in [0.5, 0.6) is 0 Å². The maximum Gasteiger partial charge on any atom is 0.264 e. The monoisotopic (exact) mass is 346 g/mol. The summed E-state index contributed by atoms with van der Waals surface area (Å²) in [7, 11) is -2.15. The molecule has 0 saturated heterocycles. The molecule has 1 amide bonds. The number of anilines is 1. The van der Waals surface area contributed by atoms with Crippen molar-refractivity contribution in [2.75, 3.05) is 11.4 Å². The van der Waals surface area contributed by atoms with Crippen molar-refractivity contribution in [2.24, 2.45) is 0 Å². The van der Waals surface area contributed by atoms with E-state index in [2.05, 4.69) is 5.32 Å². The third-order valence-electron chi connectivity index (χ3n) is 3.88. The van der Waals surface area contributed by atoms with Crippen LogP contribution >= 0.6 is 0 Å². The minimum Gasteiger partial charge on any atom is -0.350 e. The van der Waals surface area contributed by atoms with E-state index in [0.29, 0.717) is 11.3 Å². The highest BCUT2D eigenvalue weighted by atomic mass is 32.2. The largest absolute Gasteiger partial charge is 0.350 e. The third kappa shape index (κ3) is 3.94. The molecule has 0 saturated carbocycles. The molecule has 5 nitrogen and oxygen atoms in total. The molecule has 2 aromatic carbocycles. The first-order chi connectivity index (χ1) is 11.4. The molecule has 6 heteroatoms. The molecule has 0 radical (unpaired) electrons. The van der Waals surface area contributed by atoms with E-state index in [1.165, 1.54) is 35.6 Å². The second-order valence-corrected chi connectivity index (χ2v) is 7.58. The molecule has 0 unspecified atom stereocenters. The Morgan fingerprint density at radius 2 is 1.67 bits per heavy atom. The number of sulfonamides is 1. The minimum absolute atomic E-state index is 0.0742. The van der Waals surface area contributed by atoms with Crippen LogP contribution in [0.1, 0.15) is 30.6 Å². The summed E-state index contributed by atoms with van der Waals surface area (Å²) >= 11 is 0. The van der Waals surface area contributed by atoms with Gasteiger partial charge in [-0.3, -0.25) is 9.10 Å². The molecule has 128 valence electrons. The van der Waals surface area contributed by atoms with E-state index >= 15 is 0 Å². The van der Waals surface area contributed by atoms with Crippen LogP contribution in [0.4, 0.5) is 5.69 Å². The predicted molar refractivity (Wildman–Crippen MR) is 95.7 cm³/mol. The van der Waals surface area contributed by atoms with Gasteiger partial charge in [-0.25, -0.2) is 8.42 Å². The van der Waals surface area contributed by atoms with Crippen molar-refractivity contribution in [3.8, 4) is 0 Å². The molecular formula is C18H22N2O3S. The SMILES string of the molecule is CC[C@H](C)NC(=O)c1ccc(S(=O)(=O)N(C)c2ccccc2)cc1. The molecule has 0 aromatic heterocycles. The molecule has 1 atom stereocenters. The van der Waals surface area contributed by atoms with Gasteiger partial charge in [0.25, 0.3) is 15.9 Å². The number of benzene rings is 2. The van der Waals surface area contributed by atoms with E-state index in [9.17, 15) is 13.2 Å². The van der Waals surface area contributed by atoms with E-state index in [4.69, 9.17) is 0 Å². The number of nitrogens with one attached hydrogen (secondary N) is 1. The lowest BCUT2D eigenvalue weighted by atomic mass is 10.2. The van der Waals surface area contributed by atoms with Gasteiger partial charge in [0.1, 0.15) is 0 Å². The van der Waals surface area contributed by atoms with Crippen LogP contribution in [0.15, 0.2) is 59.5 Å². The maximum absolute atomic E-state index is 12.7. The van der Waals surface area contributed by atoms with Gasteiger partial charge in [0.15, 0.2) is 0 Å². The molecule has 0 fully saturated rings. The summed E-state index contributed by atoms with van der Waals surface area (Å²) in [6.45, 7) is 3.91. The molecule has 0 bridgehead atoms. The summed E-state index contributed by atoms with van der Waals surface area (Å²) in [6, 6.07) is 14.9. The van der Waals surface area contributed by atoms with E-state index in [0.717, 1.165) is 6.42 Å². The van der Waals surface area contributed by atoms with Gasteiger partial charge in [-0.15, -0.1) is 0 Å².